The van der Waals surface area contributed by atoms with E-state index in [0.29, 0.717) is 5.56 Å². The number of Topliss-reactive ketones (excluding diaryl/α,β-unsaturated/α-hetero) is 1. The summed E-state index contributed by atoms with van der Waals surface area (Å²) in [6.07, 6.45) is 0. The van der Waals surface area contributed by atoms with Crippen molar-refractivity contribution >= 4 is 21.7 Å². The molecule has 0 aliphatic heterocycles. The Morgan fingerprint density at radius 3 is 1.94 bits per heavy atom. The van der Waals surface area contributed by atoms with E-state index in [0.717, 1.165) is 6.92 Å². The van der Waals surface area contributed by atoms with Crippen molar-refractivity contribution in [3.8, 4) is 0 Å². The molecule has 0 spiro atoms. The molecule has 0 heterocycles. The maximum absolute atomic E-state index is 11.5. The van der Waals surface area contributed by atoms with Crippen molar-refractivity contribution in [1.82, 2.24) is 4.72 Å². The molecule has 1 rings (SSSR count). The quantitative estimate of drug-likeness (QED) is 0.790. The summed E-state index contributed by atoms with van der Waals surface area (Å²) in [4.78, 5) is 21.6. The van der Waals surface area contributed by atoms with Gasteiger partial charge in [0.15, 0.2) is 5.78 Å². The predicted molar refractivity (Wildman–Crippen MR) is 57.4 cm³/mol. The highest BCUT2D eigenvalue weighted by molar-refractivity contribution is 7.90. The molecular weight excluding hydrogens is 230 g/mol. The highest BCUT2D eigenvalue weighted by Gasteiger charge is 2.15. The van der Waals surface area contributed by atoms with Gasteiger partial charge in [-0.15, -0.1) is 0 Å². The van der Waals surface area contributed by atoms with Crippen LogP contribution in [0.4, 0.5) is 0 Å². The smallest absolute Gasteiger partial charge is 0.264 e. The number of ketones is 1. The summed E-state index contributed by atoms with van der Waals surface area (Å²) >= 11 is 0. The standard InChI is InChI=1S/C10H11NO4S/c1-7(12)9-3-5-10(6-4-9)16(14,15)11-8(2)13/h3-6H,1-2H3,(H,11,13). The van der Waals surface area contributed by atoms with Gasteiger partial charge in [-0.2, -0.15) is 0 Å². The number of rotatable bonds is 3. The van der Waals surface area contributed by atoms with Crippen LogP contribution in [0.3, 0.4) is 0 Å². The molecular formula is C10H11NO4S. The van der Waals surface area contributed by atoms with Crippen LogP contribution in [0.2, 0.25) is 0 Å². The van der Waals surface area contributed by atoms with Crippen LogP contribution < -0.4 is 4.72 Å². The van der Waals surface area contributed by atoms with E-state index in [4.69, 9.17) is 0 Å². The Hall–Kier alpha value is -1.69. The molecule has 0 radical (unpaired) electrons. The lowest BCUT2D eigenvalue weighted by molar-refractivity contribution is -0.117. The molecule has 0 aromatic heterocycles. The fourth-order valence-electron chi connectivity index (χ4n) is 1.12. The normalized spacial score (nSPS) is 10.9. The third kappa shape index (κ3) is 2.90. The van der Waals surface area contributed by atoms with Gasteiger partial charge in [0.25, 0.3) is 10.0 Å². The van der Waals surface area contributed by atoms with Crippen LogP contribution in [0.1, 0.15) is 24.2 Å². The largest absolute Gasteiger partial charge is 0.295 e. The first-order valence-corrected chi connectivity index (χ1v) is 5.95. The van der Waals surface area contributed by atoms with Crippen molar-refractivity contribution in [1.29, 1.82) is 0 Å². The van der Waals surface area contributed by atoms with Crippen LogP contribution in [0, 0.1) is 0 Å². The van der Waals surface area contributed by atoms with E-state index in [1.165, 1.54) is 31.2 Å². The number of hydrogen-bond donors (Lipinski definition) is 1. The summed E-state index contributed by atoms with van der Waals surface area (Å²) < 4.78 is 24.8. The monoisotopic (exact) mass is 241 g/mol. The van der Waals surface area contributed by atoms with Crippen molar-refractivity contribution in [2.75, 3.05) is 0 Å². The van der Waals surface area contributed by atoms with E-state index < -0.39 is 15.9 Å². The molecule has 6 heteroatoms. The SMILES string of the molecule is CC(=O)NS(=O)(=O)c1ccc(C(C)=O)cc1. The molecule has 16 heavy (non-hydrogen) atoms. The molecule has 0 saturated carbocycles. The van der Waals surface area contributed by atoms with Gasteiger partial charge in [0, 0.05) is 12.5 Å². The Kier molecular flexibility index (Phi) is 3.44. The number of amides is 1. The Morgan fingerprint density at radius 2 is 1.56 bits per heavy atom. The molecule has 0 unspecified atom stereocenters. The average molecular weight is 241 g/mol. The second-order valence-electron chi connectivity index (χ2n) is 3.24. The second-order valence-corrected chi connectivity index (χ2v) is 4.92. The third-order valence-electron chi connectivity index (χ3n) is 1.85. The van der Waals surface area contributed by atoms with Crippen LogP contribution in [-0.4, -0.2) is 20.1 Å². The molecule has 1 amide bonds. The van der Waals surface area contributed by atoms with E-state index >= 15 is 0 Å². The summed E-state index contributed by atoms with van der Waals surface area (Å²) in [5, 5.41) is 0. The topological polar surface area (TPSA) is 80.3 Å². The number of nitrogens with one attached hydrogen (secondary N) is 1. The molecule has 5 nitrogen and oxygen atoms in total. The maximum Gasteiger partial charge on any atom is 0.264 e. The van der Waals surface area contributed by atoms with Crippen LogP contribution in [0.25, 0.3) is 0 Å². The minimum atomic E-state index is -3.81. The Balaban J connectivity index is 3.07. The highest BCUT2D eigenvalue weighted by atomic mass is 32.2. The molecule has 1 aromatic carbocycles. The van der Waals surface area contributed by atoms with E-state index in [2.05, 4.69) is 0 Å². The van der Waals surface area contributed by atoms with Gasteiger partial charge in [-0.25, -0.2) is 13.1 Å². The number of carbonyl (C=O) groups excluding carboxylic acids is 2. The van der Waals surface area contributed by atoms with Gasteiger partial charge in [0.1, 0.15) is 0 Å². The maximum atomic E-state index is 11.5. The van der Waals surface area contributed by atoms with Crippen molar-refractivity contribution in [3.63, 3.8) is 0 Å². The lowest BCUT2D eigenvalue weighted by Crippen LogP contribution is -2.28. The number of benzene rings is 1. The zero-order chi connectivity index (χ0) is 12.3. The molecule has 86 valence electrons. The van der Waals surface area contributed by atoms with Crippen LogP contribution >= 0.6 is 0 Å². The summed E-state index contributed by atoms with van der Waals surface area (Å²) in [5.41, 5.74) is 0.418. The molecule has 1 N–H and O–H groups in total. The zero-order valence-electron chi connectivity index (χ0n) is 8.85. The fourth-order valence-corrected chi connectivity index (χ4v) is 2.11. The Bertz CT molecular complexity index is 516. The highest BCUT2D eigenvalue weighted by Crippen LogP contribution is 2.10. The molecule has 0 bridgehead atoms. The minimum Gasteiger partial charge on any atom is -0.295 e. The van der Waals surface area contributed by atoms with E-state index in [9.17, 15) is 18.0 Å². The molecule has 0 aliphatic carbocycles. The molecule has 1 aromatic rings. The Labute approximate surface area is 93.5 Å². The number of hydrogen-bond acceptors (Lipinski definition) is 4. The summed E-state index contributed by atoms with van der Waals surface area (Å²) in [6.45, 7) is 2.50. The van der Waals surface area contributed by atoms with E-state index in [1.807, 2.05) is 4.72 Å². The van der Waals surface area contributed by atoms with Crippen LogP contribution in [0.5, 0.6) is 0 Å². The van der Waals surface area contributed by atoms with Crippen molar-refractivity contribution in [3.05, 3.63) is 29.8 Å². The molecule has 0 saturated heterocycles. The van der Waals surface area contributed by atoms with Gasteiger partial charge < -0.3 is 0 Å². The van der Waals surface area contributed by atoms with E-state index in [-0.39, 0.29) is 10.7 Å². The van der Waals surface area contributed by atoms with Crippen molar-refractivity contribution < 1.29 is 18.0 Å². The zero-order valence-corrected chi connectivity index (χ0v) is 9.67. The van der Waals surface area contributed by atoms with Gasteiger partial charge in [-0.05, 0) is 19.1 Å². The lowest BCUT2D eigenvalue weighted by atomic mass is 10.2. The third-order valence-corrected chi connectivity index (χ3v) is 3.30. The number of carbonyl (C=O) groups is 2. The summed E-state index contributed by atoms with van der Waals surface area (Å²) in [6, 6.07) is 5.36. The second kappa shape index (κ2) is 4.44. The fraction of sp³-hybridized carbons (Fsp3) is 0.200. The minimum absolute atomic E-state index is 0.0484. The first-order chi connectivity index (χ1) is 7.33. The van der Waals surface area contributed by atoms with Gasteiger partial charge in [0.2, 0.25) is 5.91 Å². The van der Waals surface area contributed by atoms with E-state index in [1.54, 1.807) is 0 Å². The molecule has 0 atom stereocenters. The van der Waals surface area contributed by atoms with Gasteiger partial charge in [0.05, 0.1) is 4.90 Å². The van der Waals surface area contributed by atoms with Crippen molar-refractivity contribution in [2.24, 2.45) is 0 Å². The van der Waals surface area contributed by atoms with Crippen molar-refractivity contribution in [2.45, 2.75) is 18.7 Å². The van der Waals surface area contributed by atoms with Gasteiger partial charge >= 0.3 is 0 Å². The molecule has 0 aliphatic rings. The first kappa shape index (κ1) is 12.4. The molecule has 0 fully saturated rings. The predicted octanol–water partition coefficient (Wildman–Crippen LogP) is 0.714. The number of sulfonamides is 1. The van der Waals surface area contributed by atoms with Gasteiger partial charge in [-0.1, -0.05) is 12.1 Å². The summed E-state index contributed by atoms with van der Waals surface area (Å²) in [5.74, 6) is -0.806. The van der Waals surface area contributed by atoms with Gasteiger partial charge in [-0.3, -0.25) is 9.59 Å². The Morgan fingerprint density at radius 1 is 1.06 bits per heavy atom. The summed E-state index contributed by atoms with van der Waals surface area (Å²) in [7, 11) is -3.81. The first-order valence-electron chi connectivity index (χ1n) is 4.47. The van der Waals surface area contributed by atoms with Crippen LogP contribution in [0.15, 0.2) is 29.2 Å². The van der Waals surface area contributed by atoms with Crippen LogP contribution in [-0.2, 0) is 14.8 Å². The lowest BCUT2D eigenvalue weighted by Gasteiger charge is -2.04. The average Bonchev–Trinajstić information content (AvgIpc) is 2.16.